The third-order valence-corrected chi connectivity index (χ3v) is 30.6. The number of hydrogen-bond donors (Lipinski definition) is 0. The Balaban J connectivity index is 0.598. The Hall–Kier alpha value is -2.74. The third-order valence-electron chi connectivity index (χ3n) is 23.6. The fourth-order valence-corrected chi connectivity index (χ4v) is 27.8. The minimum Gasteiger partial charge on any atom is -0.489 e. The normalized spacial score (nSPS) is 31.0. The van der Waals surface area contributed by atoms with Gasteiger partial charge in [0.05, 0.1) is 32.3 Å². The van der Waals surface area contributed by atoms with Gasteiger partial charge in [0.1, 0.15) is 70.3 Å². The van der Waals surface area contributed by atoms with Crippen LogP contribution in [-0.4, -0.2) is 54.5 Å². The van der Waals surface area contributed by atoms with Crippen LogP contribution in [0.25, 0.3) is 0 Å². The molecule has 18 rings (SSSR count). The first-order valence-corrected chi connectivity index (χ1v) is 41.8. The fraction of sp³-hybridized carbons (Fsp3) is 0.494. The number of carbonyl (C=O) groups excluding carboxylic acids is 3. The molecule has 0 aromatic heterocycles. The number of carbonyl (C=O) groups is 3. The summed E-state index contributed by atoms with van der Waals surface area (Å²) in [6.07, 6.45) is 18.2. The van der Waals surface area contributed by atoms with Gasteiger partial charge in [-0.05, 0) is 444 Å². The van der Waals surface area contributed by atoms with E-state index in [0.29, 0.717) is 77.5 Å². The van der Waals surface area contributed by atoms with Crippen molar-refractivity contribution in [1.29, 1.82) is 0 Å². The number of halogens is 6. The second-order valence-corrected chi connectivity index (χ2v) is 38.6. The van der Waals surface area contributed by atoms with Gasteiger partial charge in [0.2, 0.25) is 0 Å². The molecule has 0 amide bonds. The van der Waals surface area contributed by atoms with E-state index in [4.69, 9.17) is 42.6 Å². The van der Waals surface area contributed by atoms with Gasteiger partial charge in [-0.3, -0.25) is 0 Å². The summed E-state index contributed by atoms with van der Waals surface area (Å²) >= 11 is 13.7. The molecule has 0 N–H and O–H groups in total. The number of benzene rings is 6. The highest BCUT2D eigenvalue weighted by Crippen LogP contribution is 2.62. The average molecular weight is 1990 g/mol. The summed E-state index contributed by atoms with van der Waals surface area (Å²) in [5, 5.41) is 0. The van der Waals surface area contributed by atoms with Crippen LogP contribution in [0, 0.1) is 92.4 Å². The van der Waals surface area contributed by atoms with E-state index in [9.17, 15) is 14.4 Å². The zero-order valence-electron chi connectivity index (χ0n) is 54.0. The minimum atomic E-state index is -0.551. The maximum absolute atomic E-state index is 13.4. The Bertz CT molecular complexity index is 3620. The van der Waals surface area contributed by atoms with E-state index in [1.54, 1.807) is 0 Å². The van der Waals surface area contributed by atoms with Crippen LogP contribution in [0.2, 0.25) is 0 Å². The molecule has 0 unspecified atom stereocenters. The van der Waals surface area contributed by atoms with Crippen molar-refractivity contribution in [3.05, 3.63) is 142 Å². The molecule has 6 aromatic carbocycles. The summed E-state index contributed by atoms with van der Waals surface area (Å²) in [6, 6.07) is 37.1. The molecular weight excluding hydrogens is 1910 g/mol. The van der Waals surface area contributed by atoms with Crippen molar-refractivity contribution in [3.63, 3.8) is 0 Å². The molecule has 0 saturated heterocycles. The van der Waals surface area contributed by atoms with E-state index in [-0.39, 0.29) is 37.7 Å². The largest absolute Gasteiger partial charge is 0.489 e. The lowest BCUT2D eigenvalue weighted by Crippen LogP contribution is -2.58. The summed E-state index contributed by atoms with van der Waals surface area (Å²) < 4.78 is 62.3. The van der Waals surface area contributed by atoms with Crippen LogP contribution in [0.1, 0.15) is 128 Å². The Morgan fingerprint density at radius 2 is 0.594 bits per heavy atom. The molecule has 96 heavy (non-hydrogen) atoms. The summed E-state index contributed by atoms with van der Waals surface area (Å²) in [5.41, 5.74) is 0.797. The predicted molar refractivity (Wildman–Crippen MR) is 417 cm³/mol. The topological polar surface area (TPSA) is 134 Å². The lowest BCUT2D eigenvalue weighted by molar-refractivity contribution is -0.205. The van der Waals surface area contributed by atoms with E-state index < -0.39 is 27.7 Å². The predicted octanol–water partition coefficient (Wildman–Crippen LogP) is 19.8. The standard InChI is InChI=1S/C77H79I6O12S/c1-75(50-19-42-16-43(21-50)22-51(75)20-42)93-69(84)39-89-72-63(78)31-48(32-64(72)79)37-87-56-4-10-60(11-5-56)96(62-14-8-58(9-15-62)92-59-35-67(82)74(68(83)36-59)91-41-71(86)95-77(3)54-27-46-18-47(29-54)30-55(77)28-46)61-12-6-57(7-13-61)88-38-49-33-65(80)73(66(81)34-49)90-40-70(85)94-76(2)52-23-44-17-45(25-52)26-53(76)24-44/h4-15,31-36,42-47,50-55H,16-30,37-41H2,1-3H3/q+1. The second-order valence-electron chi connectivity index (χ2n) is 29.6. The fourth-order valence-electron chi connectivity index (χ4n) is 19.3. The summed E-state index contributed by atoms with van der Waals surface area (Å²) in [7, 11) is -0.551. The third kappa shape index (κ3) is 14.4. The maximum atomic E-state index is 13.4. The molecule has 0 aliphatic heterocycles. The van der Waals surface area contributed by atoms with Gasteiger partial charge in [0.25, 0.3) is 0 Å². The molecule has 12 bridgehead atoms. The Morgan fingerprint density at radius 1 is 0.344 bits per heavy atom. The zero-order chi connectivity index (χ0) is 66.4. The minimum absolute atomic E-state index is 0.117. The van der Waals surface area contributed by atoms with Gasteiger partial charge >= 0.3 is 17.9 Å². The summed E-state index contributed by atoms with van der Waals surface area (Å²) in [4.78, 5) is 43.5. The first kappa shape index (κ1) is 69.0. The molecule has 0 radical (unpaired) electrons. The number of esters is 3. The van der Waals surface area contributed by atoms with Crippen LogP contribution in [0.15, 0.2) is 124 Å². The Kier molecular flexibility index (Phi) is 20.5. The molecule has 12 saturated carbocycles. The van der Waals surface area contributed by atoms with E-state index in [2.05, 4.69) is 217 Å². The maximum Gasteiger partial charge on any atom is 0.344 e. The van der Waals surface area contributed by atoms with E-state index >= 15 is 0 Å². The second kappa shape index (κ2) is 28.5. The van der Waals surface area contributed by atoms with E-state index in [1.165, 1.54) is 96.3 Å². The lowest BCUT2D eigenvalue weighted by atomic mass is 9.50. The van der Waals surface area contributed by atoms with Crippen molar-refractivity contribution in [2.75, 3.05) is 19.8 Å². The zero-order valence-corrected chi connectivity index (χ0v) is 67.8. The first-order valence-electron chi connectivity index (χ1n) is 34.1. The lowest BCUT2D eigenvalue weighted by Gasteiger charge is -2.59. The van der Waals surface area contributed by atoms with Gasteiger partial charge < -0.3 is 42.6 Å². The van der Waals surface area contributed by atoms with Crippen LogP contribution >= 0.6 is 136 Å². The molecule has 0 heterocycles. The van der Waals surface area contributed by atoms with Gasteiger partial charge in [-0.15, -0.1) is 0 Å². The number of ether oxygens (including phenoxy) is 9. The molecule has 12 aliphatic rings. The van der Waals surface area contributed by atoms with Gasteiger partial charge in [-0.25, -0.2) is 14.4 Å². The van der Waals surface area contributed by atoms with Crippen molar-refractivity contribution in [3.8, 4) is 40.2 Å². The van der Waals surface area contributed by atoms with Gasteiger partial charge in [-0.1, -0.05) is 0 Å². The van der Waals surface area contributed by atoms with E-state index in [1.807, 2.05) is 48.5 Å². The molecule has 0 spiro atoms. The molecular formula is C77H79I6O12S+. The number of rotatable bonds is 23. The monoisotopic (exact) mass is 1990 g/mol. The van der Waals surface area contributed by atoms with Gasteiger partial charge in [-0.2, -0.15) is 0 Å². The molecule has 506 valence electrons. The van der Waals surface area contributed by atoms with Crippen molar-refractivity contribution >= 4 is 164 Å². The van der Waals surface area contributed by atoms with Crippen LogP contribution in [-0.2, 0) is 52.7 Å². The summed E-state index contributed by atoms with van der Waals surface area (Å²) in [6.45, 7) is 6.85. The van der Waals surface area contributed by atoms with Gasteiger partial charge in [0.15, 0.2) is 34.5 Å². The van der Waals surface area contributed by atoms with Crippen LogP contribution in [0.5, 0.6) is 40.2 Å². The Labute approximate surface area is 648 Å². The van der Waals surface area contributed by atoms with Gasteiger partial charge in [0, 0.05) is 0 Å². The molecule has 12 nitrogen and oxygen atoms in total. The smallest absolute Gasteiger partial charge is 0.344 e. The quantitative estimate of drug-likeness (QED) is 0.0262. The molecule has 12 fully saturated rings. The average Bonchev–Trinajstić information content (AvgIpc) is 0.747. The van der Waals surface area contributed by atoms with Crippen molar-refractivity contribution in [2.24, 2.45) is 71.0 Å². The van der Waals surface area contributed by atoms with Crippen molar-refractivity contribution in [1.82, 2.24) is 0 Å². The summed E-state index contributed by atoms with van der Waals surface area (Å²) in [5.74, 6) is 11.5. The van der Waals surface area contributed by atoms with Crippen LogP contribution in [0.4, 0.5) is 0 Å². The molecule has 12 aliphatic carbocycles. The highest BCUT2D eigenvalue weighted by atomic mass is 127. The van der Waals surface area contributed by atoms with Crippen LogP contribution in [0.3, 0.4) is 0 Å². The van der Waals surface area contributed by atoms with Crippen molar-refractivity contribution < 1.29 is 57.0 Å². The molecule has 6 aromatic rings. The molecule has 19 heteroatoms. The highest BCUT2D eigenvalue weighted by Gasteiger charge is 2.60. The highest BCUT2D eigenvalue weighted by molar-refractivity contribution is 14.1. The van der Waals surface area contributed by atoms with E-state index in [0.717, 1.165) is 94.2 Å². The Morgan fingerprint density at radius 3 is 0.865 bits per heavy atom. The SMILES string of the molecule is CC1(OC(=O)COc2c(I)cc(COc3ccc([S+](c4ccc(OCc5cc(I)c(OCC(=O)OC6(C)C7CC8CC(C7)CC6C8)c(I)c5)cc4)c4ccc(Oc5cc(I)c(OCC(=O)OC6(C)C7CC8CC(C7)CC6C8)c(I)c5)cc4)cc3)cc2I)C2CC3CC(C2)CC1C3. The molecule has 0 atom stereocenters. The van der Waals surface area contributed by atoms with Crippen molar-refractivity contribution in [2.45, 2.75) is 162 Å². The van der Waals surface area contributed by atoms with Crippen LogP contribution < -0.4 is 28.4 Å². The first-order chi connectivity index (χ1) is 46.2. The number of hydrogen-bond acceptors (Lipinski definition) is 12.